The topological polar surface area (TPSA) is 207 Å². The summed E-state index contributed by atoms with van der Waals surface area (Å²) >= 11 is 0. The minimum Gasteiger partial charge on any atom is -0.446 e. The summed E-state index contributed by atoms with van der Waals surface area (Å²) in [6.07, 6.45) is 8.44. The zero-order chi connectivity index (χ0) is 39.6. The number of benzene rings is 1. The van der Waals surface area contributed by atoms with Gasteiger partial charge in [0.25, 0.3) is 15.9 Å². The molecule has 3 fully saturated rings. The molecule has 1 aromatic carbocycles. The highest BCUT2D eigenvalue weighted by Gasteiger charge is 2.62. The number of alkyl carbamates (subject to hydrolysis) is 1. The molecule has 2 saturated carbocycles. The number of allylic oxidation sites excluding steroid dienone is 1. The second-order valence-corrected chi connectivity index (χ2v) is 17.2. The van der Waals surface area contributed by atoms with Gasteiger partial charge in [-0.1, -0.05) is 54.4 Å². The molecular weight excluding hydrogens is 745 g/mol. The summed E-state index contributed by atoms with van der Waals surface area (Å²) in [7, 11) is -4.44. The SMILES string of the molecule is Cc1noc(C)c1S(=O)(=O)NC(=O)[C@@]12C[C@H]1C=CCCCCC[C@H](NC(=O)OC1CCCC1)C(=O)N1C[C@H](OC(=O)N3CCc4ccccc4C3)C[C@H]1C(=O)N2. The normalized spacial score (nSPS) is 27.2. The minimum absolute atomic E-state index is 0.00315. The van der Waals surface area contributed by atoms with E-state index in [9.17, 15) is 32.4 Å². The van der Waals surface area contributed by atoms with Crippen molar-refractivity contribution in [2.75, 3.05) is 13.1 Å². The molecule has 3 aliphatic heterocycles. The Morgan fingerprint density at radius 2 is 1.73 bits per heavy atom. The molecule has 7 rings (SSSR count). The van der Waals surface area contributed by atoms with Crippen LogP contribution in [0.4, 0.5) is 9.59 Å². The second kappa shape index (κ2) is 16.3. The van der Waals surface area contributed by atoms with Crippen molar-refractivity contribution < 1.29 is 46.4 Å². The number of sulfonamides is 1. The molecule has 1 saturated heterocycles. The van der Waals surface area contributed by atoms with E-state index in [1.54, 1.807) is 4.90 Å². The second-order valence-electron chi connectivity index (χ2n) is 15.6. The molecule has 0 spiro atoms. The van der Waals surface area contributed by atoms with Gasteiger partial charge in [0.1, 0.15) is 35.5 Å². The predicted octanol–water partition coefficient (Wildman–Crippen LogP) is 3.69. The average molecular weight is 795 g/mol. The first-order valence-corrected chi connectivity index (χ1v) is 21.1. The van der Waals surface area contributed by atoms with Crippen molar-refractivity contribution in [3.8, 4) is 0 Å². The monoisotopic (exact) mass is 794 g/mol. The van der Waals surface area contributed by atoms with E-state index in [1.165, 1.54) is 18.7 Å². The molecule has 56 heavy (non-hydrogen) atoms. The molecule has 302 valence electrons. The van der Waals surface area contributed by atoms with Gasteiger partial charge >= 0.3 is 12.2 Å². The maximum atomic E-state index is 14.5. The number of fused-ring (bicyclic) bond motifs is 3. The van der Waals surface area contributed by atoms with E-state index in [4.69, 9.17) is 14.0 Å². The first-order chi connectivity index (χ1) is 26.8. The molecule has 0 unspecified atom stereocenters. The Bertz CT molecular complexity index is 1970. The van der Waals surface area contributed by atoms with Crippen molar-refractivity contribution in [3.63, 3.8) is 0 Å². The highest BCUT2D eigenvalue weighted by molar-refractivity contribution is 7.90. The summed E-state index contributed by atoms with van der Waals surface area (Å²) in [5, 5.41) is 9.28. The number of carbonyl (C=O) groups is 5. The van der Waals surface area contributed by atoms with E-state index in [-0.39, 0.29) is 41.8 Å². The van der Waals surface area contributed by atoms with Crippen LogP contribution in [-0.4, -0.2) is 96.2 Å². The Labute approximate surface area is 326 Å². The summed E-state index contributed by atoms with van der Waals surface area (Å²) in [6.45, 7) is 3.52. The molecule has 17 heteroatoms. The zero-order valence-corrected chi connectivity index (χ0v) is 32.6. The molecule has 0 bridgehead atoms. The van der Waals surface area contributed by atoms with E-state index in [2.05, 4.69) is 20.5 Å². The van der Waals surface area contributed by atoms with E-state index in [0.29, 0.717) is 38.8 Å². The fourth-order valence-corrected chi connectivity index (χ4v) is 9.86. The van der Waals surface area contributed by atoms with Crippen molar-refractivity contribution in [1.82, 2.24) is 30.3 Å². The summed E-state index contributed by atoms with van der Waals surface area (Å²) < 4.78 is 45.6. The Kier molecular flexibility index (Phi) is 11.4. The van der Waals surface area contributed by atoms with Crippen LogP contribution in [0.5, 0.6) is 0 Å². The fraction of sp³-hybridized carbons (Fsp3) is 0.590. The molecule has 5 atom stereocenters. The number of nitrogens with zero attached hydrogens (tertiary/aromatic N) is 3. The Balaban J connectivity index is 1.14. The molecule has 16 nitrogen and oxygen atoms in total. The van der Waals surface area contributed by atoms with Crippen LogP contribution in [0.1, 0.15) is 93.2 Å². The van der Waals surface area contributed by atoms with Crippen molar-refractivity contribution in [3.05, 3.63) is 59.0 Å². The first kappa shape index (κ1) is 39.3. The van der Waals surface area contributed by atoms with Crippen LogP contribution in [-0.2, 0) is 46.8 Å². The van der Waals surface area contributed by atoms with Crippen LogP contribution in [0.2, 0.25) is 0 Å². The van der Waals surface area contributed by atoms with Gasteiger partial charge < -0.3 is 34.4 Å². The highest BCUT2D eigenvalue weighted by Crippen LogP contribution is 2.46. The van der Waals surface area contributed by atoms with Gasteiger partial charge in [-0.15, -0.1) is 0 Å². The van der Waals surface area contributed by atoms with Crippen molar-refractivity contribution in [2.45, 2.75) is 132 Å². The van der Waals surface area contributed by atoms with Crippen LogP contribution >= 0.6 is 0 Å². The quantitative estimate of drug-likeness (QED) is 0.360. The maximum Gasteiger partial charge on any atom is 0.410 e. The number of amides is 5. The van der Waals surface area contributed by atoms with Crippen molar-refractivity contribution >= 4 is 39.9 Å². The van der Waals surface area contributed by atoms with Gasteiger partial charge in [-0.3, -0.25) is 14.4 Å². The number of carbonyl (C=O) groups excluding carboxylic acids is 5. The fourth-order valence-electron chi connectivity index (χ4n) is 8.49. The number of nitrogens with one attached hydrogen (secondary N) is 3. The molecule has 5 amide bonds. The van der Waals surface area contributed by atoms with Gasteiger partial charge in [0.05, 0.1) is 6.54 Å². The summed E-state index contributed by atoms with van der Waals surface area (Å²) in [5.74, 6) is -2.73. The van der Waals surface area contributed by atoms with Gasteiger partial charge in [0.15, 0.2) is 10.7 Å². The lowest BCUT2D eigenvalue weighted by Crippen LogP contribution is -2.58. The number of aromatic nitrogens is 1. The van der Waals surface area contributed by atoms with Gasteiger partial charge in [0, 0.05) is 25.4 Å². The number of rotatable bonds is 6. The standard InChI is InChI=1S/C39H50N6O10S/c1-24-33(25(2)55-42-24)56(51,52)43-36(48)39-21-28(39)14-6-4-3-5-7-17-31(40-37(49)53-29-15-10-11-16-29)35(47)45-23-30(20-32(45)34(46)41-39)54-38(50)44-19-18-26-12-8-9-13-27(26)22-44/h6,8-9,12-14,28-32H,3-5,7,10-11,15-23H2,1-2H3,(H,40,49)(H,41,46)(H,43,48)/t28-,30-,31+,32+,39-/m1/s1. The predicted molar refractivity (Wildman–Crippen MR) is 199 cm³/mol. The van der Waals surface area contributed by atoms with E-state index in [1.807, 2.05) is 36.4 Å². The van der Waals surface area contributed by atoms with Crippen molar-refractivity contribution in [1.29, 1.82) is 0 Å². The largest absolute Gasteiger partial charge is 0.446 e. The van der Waals surface area contributed by atoms with Gasteiger partial charge in [-0.2, -0.15) is 0 Å². The average Bonchev–Trinajstić information content (AvgIpc) is 3.51. The van der Waals surface area contributed by atoms with E-state index in [0.717, 1.165) is 49.7 Å². The van der Waals surface area contributed by atoms with Crippen LogP contribution in [0.15, 0.2) is 45.8 Å². The van der Waals surface area contributed by atoms with Gasteiger partial charge in [0.2, 0.25) is 11.8 Å². The maximum absolute atomic E-state index is 14.5. The molecule has 2 aliphatic carbocycles. The number of hydrogen-bond donors (Lipinski definition) is 3. The third kappa shape index (κ3) is 8.42. The molecule has 1 aromatic heterocycles. The lowest BCUT2D eigenvalue weighted by atomic mass is 10.0. The molecular formula is C39H50N6O10S. The van der Waals surface area contributed by atoms with Crippen LogP contribution < -0.4 is 15.4 Å². The number of hydrogen-bond acceptors (Lipinski definition) is 11. The van der Waals surface area contributed by atoms with Crippen LogP contribution in [0.3, 0.4) is 0 Å². The Morgan fingerprint density at radius 3 is 2.48 bits per heavy atom. The molecule has 3 N–H and O–H groups in total. The molecule has 2 aromatic rings. The van der Waals surface area contributed by atoms with Gasteiger partial charge in [-0.25, -0.2) is 22.7 Å². The van der Waals surface area contributed by atoms with Crippen molar-refractivity contribution in [2.24, 2.45) is 5.92 Å². The molecule has 0 radical (unpaired) electrons. The third-order valence-electron chi connectivity index (χ3n) is 11.6. The zero-order valence-electron chi connectivity index (χ0n) is 31.8. The Morgan fingerprint density at radius 1 is 0.982 bits per heavy atom. The van der Waals surface area contributed by atoms with Crippen LogP contribution in [0.25, 0.3) is 0 Å². The first-order valence-electron chi connectivity index (χ1n) is 19.6. The number of ether oxygens (including phenoxy) is 2. The minimum atomic E-state index is -4.44. The molecule has 4 heterocycles. The van der Waals surface area contributed by atoms with Crippen LogP contribution in [0, 0.1) is 19.8 Å². The lowest BCUT2D eigenvalue weighted by molar-refractivity contribution is -0.141. The van der Waals surface area contributed by atoms with E-state index < -0.39 is 69.6 Å². The Hall–Kier alpha value is -4.93. The highest BCUT2D eigenvalue weighted by atomic mass is 32.2. The summed E-state index contributed by atoms with van der Waals surface area (Å²) in [5.41, 5.74) is 0.591. The smallest absolute Gasteiger partial charge is 0.410 e. The lowest BCUT2D eigenvalue weighted by Gasteiger charge is -2.30. The number of aryl methyl sites for hydroxylation is 2. The summed E-state index contributed by atoms with van der Waals surface area (Å²) in [6, 6.07) is 5.61. The third-order valence-corrected chi connectivity index (χ3v) is 13.2. The van der Waals surface area contributed by atoms with E-state index >= 15 is 0 Å². The summed E-state index contributed by atoms with van der Waals surface area (Å²) in [4.78, 5) is 72.1. The van der Waals surface area contributed by atoms with Gasteiger partial charge in [-0.05, 0) is 82.8 Å². The molecule has 5 aliphatic rings.